The predicted octanol–water partition coefficient (Wildman–Crippen LogP) is 1.08. The van der Waals surface area contributed by atoms with E-state index in [0.29, 0.717) is 13.1 Å². The maximum Gasteiger partial charge on any atom is 0.325 e. The van der Waals surface area contributed by atoms with Crippen molar-refractivity contribution in [1.29, 1.82) is 0 Å². The summed E-state index contributed by atoms with van der Waals surface area (Å²) in [6, 6.07) is -0.242. The first-order chi connectivity index (χ1) is 8.51. The molecule has 1 spiro atoms. The van der Waals surface area contributed by atoms with Crippen LogP contribution in [0, 0.1) is 11.8 Å². The maximum atomic E-state index is 12.6. The molecule has 2 fully saturated rings. The molecule has 2 atom stereocenters. The zero-order chi connectivity index (χ0) is 13.3. The minimum atomic E-state index is -0.709. The summed E-state index contributed by atoms with van der Waals surface area (Å²) in [7, 11) is 0. The Kier molecular flexibility index (Phi) is 3.61. The first-order valence-electron chi connectivity index (χ1n) is 6.85. The fraction of sp³-hybridized carbons (Fsp3) is 0.846. The molecule has 0 radical (unpaired) electrons. The van der Waals surface area contributed by atoms with Crippen LogP contribution in [0.1, 0.15) is 39.5 Å². The van der Waals surface area contributed by atoms with Crippen molar-refractivity contribution < 1.29 is 9.59 Å². The monoisotopic (exact) mass is 253 g/mol. The van der Waals surface area contributed by atoms with Crippen molar-refractivity contribution in [2.75, 3.05) is 13.1 Å². The van der Waals surface area contributed by atoms with Crippen LogP contribution in [0.2, 0.25) is 0 Å². The van der Waals surface area contributed by atoms with Crippen molar-refractivity contribution in [2.24, 2.45) is 17.6 Å². The van der Waals surface area contributed by atoms with E-state index in [1.807, 2.05) is 13.8 Å². The van der Waals surface area contributed by atoms with E-state index in [2.05, 4.69) is 5.32 Å². The fourth-order valence-electron chi connectivity index (χ4n) is 3.19. The summed E-state index contributed by atoms with van der Waals surface area (Å²) in [6.45, 7) is 4.96. The number of carbonyl (C=O) groups excluding carboxylic acids is 2. The number of hydrogen-bond donors (Lipinski definition) is 2. The maximum absolute atomic E-state index is 12.6. The van der Waals surface area contributed by atoms with Crippen LogP contribution in [0.5, 0.6) is 0 Å². The predicted molar refractivity (Wildman–Crippen MR) is 68.8 cm³/mol. The second kappa shape index (κ2) is 4.88. The molecule has 18 heavy (non-hydrogen) atoms. The van der Waals surface area contributed by atoms with Gasteiger partial charge < -0.3 is 11.1 Å². The van der Waals surface area contributed by atoms with E-state index in [1.54, 1.807) is 0 Å². The van der Waals surface area contributed by atoms with Crippen LogP contribution in [-0.2, 0) is 4.79 Å². The standard InChI is InChI=1S/C13H23N3O2/c1-9(2)8-16-11(17)13(15-12(16)18)6-4-3-5-10(13)7-14/h9-10H,3-8,14H2,1-2H3,(H,15,18). The highest BCUT2D eigenvalue weighted by Crippen LogP contribution is 2.38. The summed E-state index contributed by atoms with van der Waals surface area (Å²) in [5.74, 6) is 0.311. The molecule has 5 nitrogen and oxygen atoms in total. The average Bonchev–Trinajstić information content (AvgIpc) is 2.55. The van der Waals surface area contributed by atoms with Gasteiger partial charge in [0.25, 0.3) is 5.91 Å². The van der Waals surface area contributed by atoms with E-state index in [4.69, 9.17) is 5.73 Å². The molecule has 3 N–H and O–H groups in total. The molecule has 0 aromatic heterocycles. The number of hydrogen-bond acceptors (Lipinski definition) is 3. The Bertz CT molecular complexity index is 356. The minimum absolute atomic E-state index is 0.0589. The summed E-state index contributed by atoms with van der Waals surface area (Å²) in [4.78, 5) is 26.0. The summed E-state index contributed by atoms with van der Waals surface area (Å²) in [5, 5.41) is 2.93. The van der Waals surface area contributed by atoms with Crippen molar-refractivity contribution in [1.82, 2.24) is 10.2 Å². The van der Waals surface area contributed by atoms with Crippen LogP contribution >= 0.6 is 0 Å². The van der Waals surface area contributed by atoms with Crippen LogP contribution < -0.4 is 11.1 Å². The first kappa shape index (κ1) is 13.3. The molecule has 1 saturated heterocycles. The van der Waals surface area contributed by atoms with Gasteiger partial charge in [-0.2, -0.15) is 0 Å². The van der Waals surface area contributed by atoms with E-state index in [0.717, 1.165) is 25.7 Å². The molecule has 1 aliphatic carbocycles. The number of nitrogens with zero attached hydrogens (tertiary/aromatic N) is 1. The van der Waals surface area contributed by atoms with Gasteiger partial charge in [-0.25, -0.2) is 4.79 Å². The van der Waals surface area contributed by atoms with Crippen molar-refractivity contribution in [3.05, 3.63) is 0 Å². The Balaban J connectivity index is 2.24. The molecule has 1 heterocycles. The van der Waals surface area contributed by atoms with Crippen LogP contribution in [-0.4, -0.2) is 35.5 Å². The fourth-order valence-corrected chi connectivity index (χ4v) is 3.19. The molecule has 5 heteroatoms. The largest absolute Gasteiger partial charge is 0.330 e. The molecule has 2 rings (SSSR count). The second-order valence-corrected chi connectivity index (χ2v) is 5.89. The zero-order valence-corrected chi connectivity index (χ0v) is 11.2. The highest BCUT2D eigenvalue weighted by atomic mass is 16.2. The molecule has 3 amide bonds. The highest BCUT2D eigenvalue weighted by Gasteiger charge is 2.55. The van der Waals surface area contributed by atoms with Crippen molar-refractivity contribution in [3.63, 3.8) is 0 Å². The molecule has 2 aliphatic rings. The Labute approximate surface area is 108 Å². The number of carbonyl (C=O) groups is 2. The molecule has 1 aliphatic heterocycles. The van der Waals surface area contributed by atoms with Crippen LogP contribution in [0.3, 0.4) is 0 Å². The Morgan fingerprint density at radius 3 is 2.78 bits per heavy atom. The first-order valence-corrected chi connectivity index (χ1v) is 6.85. The van der Waals surface area contributed by atoms with Gasteiger partial charge in [0.2, 0.25) is 0 Å². The van der Waals surface area contributed by atoms with Gasteiger partial charge in [-0.05, 0) is 25.3 Å². The van der Waals surface area contributed by atoms with Gasteiger partial charge in [0.15, 0.2) is 0 Å². The van der Waals surface area contributed by atoms with E-state index in [-0.39, 0.29) is 23.8 Å². The Morgan fingerprint density at radius 2 is 2.17 bits per heavy atom. The molecule has 2 unspecified atom stereocenters. The SMILES string of the molecule is CC(C)CN1C(=O)NC2(CCCCC2CN)C1=O. The number of imide groups is 1. The summed E-state index contributed by atoms with van der Waals surface area (Å²) in [5.41, 5.74) is 5.08. The highest BCUT2D eigenvalue weighted by molar-refractivity contribution is 6.07. The zero-order valence-electron chi connectivity index (χ0n) is 11.2. The number of nitrogens with one attached hydrogen (secondary N) is 1. The molecular weight excluding hydrogens is 230 g/mol. The number of nitrogens with two attached hydrogens (primary N) is 1. The van der Waals surface area contributed by atoms with Crippen molar-refractivity contribution >= 4 is 11.9 Å². The van der Waals surface area contributed by atoms with E-state index >= 15 is 0 Å². The third-order valence-corrected chi connectivity index (χ3v) is 4.10. The van der Waals surface area contributed by atoms with Gasteiger partial charge in [0, 0.05) is 12.5 Å². The Morgan fingerprint density at radius 1 is 1.44 bits per heavy atom. The van der Waals surface area contributed by atoms with Crippen molar-refractivity contribution in [3.8, 4) is 0 Å². The molecule has 0 bridgehead atoms. The van der Waals surface area contributed by atoms with Gasteiger partial charge in [0.1, 0.15) is 5.54 Å². The second-order valence-electron chi connectivity index (χ2n) is 5.89. The van der Waals surface area contributed by atoms with E-state index in [9.17, 15) is 9.59 Å². The third kappa shape index (κ3) is 2.00. The minimum Gasteiger partial charge on any atom is -0.330 e. The van der Waals surface area contributed by atoms with Crippen LogP contribution in [0.15, 0.2) is 0 Å². The lowest BCUT2D eigenvalue weighted by atomic mass is 9.72. The number of urea groups is 1. The van der Waals surface area contributed by atoms with Crippen molar-refractivity contribution in [2.45, 2.75) is 45.1 Å². The third-order valence-electron chi connectivity index (χ3n) is 4.10. The normalized spacial score (nSPS) is 32.4. The van der Waals surface area contributed by atoms with E-state index < -0.39 is 5.54 Å². The lowest BCUT2D eigenvalue weighted by Crippen LogP contribution is -2.57. The molecular formula is C13H23N3O2. The average molecular weight is 253 g/mol. The number of rotatable bonds is 3. The lowest BCUT2D eigenvalue weighted by Gasteiger charge is -2.38. The molecule has 1 saturated carbocycles. The molecule has 0 aromatic carbocycles. The van der Waals surface area contributed by atoms with Gasteiger partial charge in [-0.1, -0.05) is 26.7 Å². The van der Waals surface area contributed by atoms with Gasteiger partial charge in [-0.3, -0.25) is 9.69 Å². The summed E-state index contributed by atoms with van der Waals surface area (Å²) < 4.78 is 0. The topological polar surface area (TPSA) is 75.4 Å². The lowest BCUT2D eigenvalue weighted by molar-refractivity contribution is -0.134. The summed E-state index contributed by atoms with van der Waals surface area (Å²) >= 11 is 0. The van der Waals surface area contributed by atoms with Gasteiger partial charge in [-0.15, -0.1) is 0 Å². The van der Waals surface area contributed by atoms with Gasteiger partial charge in [0.05, 0.1) is 0 Å². The summed E-state index contributed by atoms with van der Waals surface area (Å²) in [6.07, 6.45) is 3.74. The molecule has 102 valence electrons. The van der Waals surface area contributed by atoms with Crippen LogP contribution in [0.25, 0.3) is 0 Å². The van der Waals surface area contributed by atoms with Crippen LogP contribution in [0.4, 0.5) is 4.79 Å². The smallest absolute Gasteiger partial charge is 0.325 e. The molecule has 0 aromatic rings. The van der Waals surface area contributed by atoms with Gasteiger partial charge >= 0.3 is 6.03 Å². The Hall–Kier alpha value is -1.10. The number of amides is 3. The van der Waals surface area contributed by atoms with E-state index in [1.165, 1.54) is 4.90 Å². The quantitative estimate of drug-likeness (QED) is 0.739.